The number of hydrogen-bond acceptors (Lipinski definition) is 3. The molecule has 5 heteroatoms. The molecule has 0 atom stereocenters. The number of carbonyl (C=O) groups excluding carboxylic acids is 1. The third kappa shape index (κ3) is 3.65. The molecule has 0 spiro atoms. The van der Waals surface area contributed by atoms with Gasteiger partial charge >= 0.3 is 5.97 Å². The van der Waals surface area contributed by atoms with Crippen LogP contribution in [-0.4, -0.2) is 11.7 Å². The molecule has 0 fully saturated rings. The van der Waals surface area contributed by atoms with E-state index in [9.17, 15) is 9.18 Å². The summed E-state index contributed by atoms with van der Waals surface area (Å²) < 4.78 is 12.8. The molecule has 0 amide bonds. The van der Waals surface area contributed by atoms with Gasteiger partial charge in [0.1, 0.15) is 5.82 Å². The Kier molecular flexibility index (Phi) is 4.48. The highest BCUT2D eigenvalue weighted by molar-refractivity contribution is 6.30. The number of carbonyl (C=O) groups is 1. The molecule has 0 radical (unpaired) electrons. The van der Waals surface area contributed by atoms with Crippen LogP contribution in [-0.2, 0) is 4.84 Å². The van der Waals surface area contributed by atoms with Crippen LogP contribution in [0.4, 0.5) is 4.39 Å². The van der Waals surface area contributed by atoms with Crippen molar-refractivity contribution in [1.29, 1.82) is 0 Å². The fourth-order valence-corrected chi connectivity index (χ4v) is 1.62. The highest BCUT2D eigenvalue weighted by Gasteiger charge is 2.07. The van der Waals surface area contributed by atoms with Crippen molar-refractivity contribution in [3.8, 4) is 0 Å². The Morgan fingerprint density at radius 1 is 1.05 bits per heavy atom. The number of oxime groups is 1. The molecule has 0 N–H and O–H groups in total. The summed E-state index contributed by atoms with van der Waals surface area (Å²) >= 11 is 5.73. The van der Waals surface area contributed by atoms with Crippen LogP contribution in [0.5, 0.6) is 0 Å². The summed E-state index contributed by atoms with van der Waals surface area (Å²) in [6, 6.07) is 12.0. The van der Waals surface area contributed by atoms with Crippen molar-refractivity contribution in [3.63, 3.8) is 0 Å². The highest BCUT2D eigenvalue weighted by Crippen LogP contribution is 2.11. The molecule has 0 aliphatic heterocycles. The molecule has 0 bridgehead atoms. The number of halogens is 2. The zero-order valence-corrected chi connectivity index (χ0v) is 11.4. The molecular formula is C15H11ClFNO2. The second-order valence-corrected chi connectivity index (χ2v) is 4.51. The molecule has 2 rings (SSSR count). The lowest BCUT2D eigenvalue weighted by Gasteiger charge is -2.01. The topological polar surface area (TPSA) is 38.7 Å². The van der Waals surface area contributed by atoms with Crippen LogP contribution in [0.25, 0.3) is 0 Å². The van der Waals surface area contributed by atoms with Gasteiger partial charge in [0.05, 0.1) is 11.3 Å². The highest BCUT2D eigenvalue weighted by atomic mass is 35.5. The molecule has 0 aromatic heterocycles. The minimum Gasteiger partial charge on any atom is -0.313 e. The Hall–Kier alpha value is -2.20. The number of benzene rings is 2. The SMILES string of the molecule is CC(=NOC(=O)c1ccc(Cl)cc1)c1ccc(F)cc1. The first-order chi connectivity index (χ1) is 9.56. The predicted octanol–water partition coefficient (Wildman–Crippen LogP) is 4.06. The maximum Gasteiger partial charge on any atom is 0.365 e. The van der Waals surface area contributed by atoms with Crippen LogP contribution in [0, 0.1) is 5.82 Å². The summed E-state index contributed by atoms with van der Waals surface area (Å²) in [6.07, 6.45) is 0. The average Bonchev–Trinajstić information content (AvgIpc) is 2.46. The van der Waals surface area contributed by atoms with Crippen molar-refractivity contribution in [3.05, 3.63) is 70.5 Å². The zero-order chi connectivity index (χ0) is 14.5. The monoisotopic (exact) mass is 291 g/mol. The fraction of sp³-hybridized carbons (Fsp3) is 0.0667. The average molecular weight is 292 g/mol. The quantitative estimate of drug-likeness (QED) is 0.486. The van der Waals surface area contributed by atoms with Gasteiger partial charge in [-0.25, -0.2) is 9.18 Å². The molecule has 0 aliphatic rings. The lowest BCUT2D eigenvalue weighted by atomic mass is 10.1. The Morgan fingerprint density at radius 2 is 1.60 bits per heavy atom. The van der Waals surface area contributed by atoms with Crippen LogP contribution in [0.2, 0.25) is 5.02 Å². The van der Waals surface area contributed by atoms with Gasteiger partial charge in [-0.1, -0.05) is 28.9 Å². The molecule has 0 heterocycles. The van der Waals surface area contributed by atoms with Crippen molar-refractivity contribution in [2.45, 2.75) is 6.92 Å². The van der Waals surface area contributed by atoms with Crippen LogP contribution >= 0.6 is 11.6 Å². The van der Waals surface area contributed by atoms with Gasteiger partial charge < -0.3 is 4.84 Å². The second-order valence-electron chi connectivity index (χ2n) is 4.07. The number of nitrogens with zero attached hydrogens (tertiary/aromatic N) is 1. The second kappa shape index (κ2) is 6.30. The lowest BCUT2D eigenvalue weighted by molar-refractivity contribution is 0.0516. The lowest BCUT2D eigenvalue weighted by Crippen LogP contribution is -2.03. The van der Waals surface area contributed by atoms with E-state index in [1.165, 1.54) is 12.1 Å². The van der Waals surface area contributed by atoms with Gasteiger partial charge in [-0.15, -0.1) is 0 Å². The Bertz CT molecular complexity index is 636. The van der Waals surface area contributed by atoms with Crippen molar-refractivity contribution in [1.82, 2.24) is 0 Å². The standard InChI is InChI=1S/C15H11ClFNO2/c1-10(11-4-8-14(17)9-5-11)18-20-15(19)12-2-6-13(16)7-3-12/h2-9H,1H3. The van der Waals surface area contributed by atoms with E-state index in [0.717, 1.165) is 0 Å². The molecule has 0 aliphatic carbocycles. The minimum atomic E-state index is -0.580. The van der Waals surface area contributed by atoms with E-state index in [4.69, 9.17) is 16.4 Å². The minimum absolute atomic E-state index is 0.334. The summed E-state index contributed by atoms with van der Waals surface area (Å²) in [5, 5.41) is 4.27. The van der Waals surface area contributed by atoms with E-state index in [1.54, 1.807) is 43.3 Å². The summed E-state index contributed by atoms with van der Waals surface area (Å²) in [5.41, 5.74) is 1.51. The van der Waals surface area contributed by atoms with Gasteiger partial charge in [0.15, 0.2) is 0 Å². The summed E-state index contributed by atoms with van der Waals surface area (Å²) in [6.45, 7) is 1.67. The van der Waals surface area contributed by atoms with Crippen molar-refractivity contribution >= 4 is 23.3 Å². The van der Waals surface area contributed by atoms with Crippen molar-refractivity contribution in [2.75, 3.05) is 0 Å². The van der Waals surface area contributed by atoms with E-state index in [1.807, 2.05) is 0 Å². The summed E-state index contributed by atoms with van der Waals surface area (Å²) in [4.78, 5) is 16.5. The Labute approximate surface area is 120 Å². The molecule has 0 saturated carbocycles. The summed E-state index contributed by atoms with van der Waals surface area (Å²) in [7, 11) is 0. The van der Waals surface area contributed by atoms with Crippen LogP contribution in [0.3, 0.4) is 0 Å². The Balaban J connectivity index is 2.06. The van der Waals surface area contributed by atoms with E-state index in [-0.39, 0.29) is 5.82 Å². The van der Waals surface area contributed by atoms with Gasteiger partial charge in [-0.05, 0) is 48.9 Å². The van der Waals surface area contributed by atoms with Crippen LogP contribution in [0.1, 0.15) is 22.8 Å². The van der Waals surface area contributed by atoms with Gasteiger partial charge in [0, 0.05) is 5.02 Å². The third-order valence-electron chi connectivity index (χ3n) is 2.61. The molecular weight excluding hydrogens is 281 g/mol. The molecule has 20 heavy (non-hydrogen) atoms. The van der Waals surface area contributed by atoms with Gasteiger partial charge in [-0.3, -0.25) is 0 Å². The number of rotatable bonds is 3. The molecule has 3 nitrogen and oxygen atoms in total. The zero-order valence-electron chi connectivity index (χ0n) is 10.6. The largest absolute Gasteiger partial charge is 0.365 e. The Morgan fingerprint density at radius 3 is 2.20 bits per heavy atom. The molecule has 0 unspecified atom stereocenters. The number of hydrogen-bond donors (Lipinski definition) is 0. The van der Waals surface area contributed by atoms with E-state index in [0.29, 0.717) is 21.9 Å². The predicted molar refractivity (Wildman–Crippen MR) is 75.5 cm³/mol. The van der Waals surface area contributed by atoms with E-state index in [2.05, 4.69) is 5.16 Å². The first-order valence-corrected chi connectivity index (χ1v) is 6.21. The maximum atomic E-state index is 12.8. The van der Waals surface area contributed by atoms with Crippen molar-refractivity contribution in [2.24, 2.45) is 5.16 Å². The molecule has 2 aromatic rings. The van der Waals surface area contributed by atoms with Gasteiger partial charge in [-0.2, -0.15) is 0 Å². The normalized spacial score (nSPS) is 11.2. The van der Waals surface area contributed by atoms with E-state index < -0.39 is 5.97 Å². The smallest absolute Gasteiger partial charge is 0.313 e. The van der Waals surface area contributed by atoms with E-state index >= 15 is 0 Å². The maximum absolute atomic E-state index is 12.8. The molecule has 2 aromatic carbocycles. The van der Waals surface area contributed by atoms with Crippen molar-refractivity contribution < 1.29 is 14.0 Å². The first kappa shape index (κ1) is 14.2. The summed E-state index contributed by atoms with van der Waals surface area (Å²) in [5.74, 6) is -0.914. The molecule has 102 valence electrons. The van der Waals surface area contributed by atoms with Crippen LogP contribution in [0.15, 0.2) is 53.7 Å². The van der Waals surface area contributed by atoms with Gasteiger partial charge in [0.2, 0.25) is 0 Å². The van der Waals surface area contributed by atoms with Gasteiger partial charge in [0.25, 0.3) is 0 Å². The fourth-order valence-electron chi connectivity index (χ4n) is 1.49. The first-order valence-electron chi connectivity index (χ1n) is 5.84. The molecule has 0 saturated heterocycles. The van der Waals surface area contributed by atoms with Crippen LogP contribution < -0.4 is 0 Å². The third-order valence-corrected chi connectivity index (χ3v) is 2.86.